The number of para-hydroxylation sites is 2. The maximum atomic E-state index is 13.1. The lowest BCUT2D eigenvalue weighted by atomic mass is 10.1. The van der Waals surface area contributed by atoms with Crippen LogP contribution in [0.5, 0.6) is 5.75 Å². The number of nitrogens with one attached hydrogen (secondary N) is 1. The van der Waals surface area contributed by atoms with Crippen molar-refractivity contribution in [3.63, 3.8) is 0 Å². The maximum absolute atomic E-state index is 13.1. The molecule has 30 heavy (non-hydrogen) atoms. The summed E-state index contributed by atoms with van der Waals surface area (Å²) in [5, 5.41) is 22.6. The lowest BCUT2D eigenvalue weighted by Crippen LogP contribution is -2.39. The molecule has 0 unspecified atom stereocenters. The summed E-state index contributed by atoms with van der Waals surface area (Å²) in [4.78, 5) is 18.6. The van der Waals surface area contributed by atoms with Crippen molar-refractivity contribution >= 4 is 34.8 Å². The Morgan fingerprint density at radius 2 is 1.77 bits per heavy atom. The van der Waals surface area contributed by atoms with Crippen LogP contribution in [0, 0.1) is 0 Å². The maximum Gasteiger partial charge on any atom is 0.327 e. The molecule has 156 valence electrons. The third kappa shape index (κ3) is 4.98. The van der Waals surface area contributed by atoms with Crippen molar-refractivity contribution in [3.05, 3.63) is 77.4 Å². The van der Waals surface area contributed by atoms with Gasteiger partial charge in [0.05, 0.1) is 12.8 Å². The number of rotatable bonds is 7. The number of ether oxygens (including phenoxy) is 1. The van der Waals surface area contributed by atoms with Gasteiger partial charge in [-0.2, -0.15) is 0 Å². The summed E-state index contributed by atoms with van der Waals surface area (Å²) in [7, 11) is 1.49. The minimum Gasteiger partial charge on any atom is -0.495 e. The largest absolute Gasteiger partial charge is 0.495 e. The monoisotopic (exact) mass is 428 g/mol. The molecule has 3 N–H and O–H groups in total. The standard InChI is InChI=1S/C21H21ClN4O4/c1-30-19-7-3-2-5-17(19)25(20-18(26(28)29)6-4-13-23-20)21(27)24-14-12-15-8-10-16(22)11-9-15/h2-11,13,28-29H,12,14H2,1H3,(H,24,27). The van der Waals surface area contributed by atoms with Crippen LogP contribution in [-0.2, 0) is 6.42 Å². The van der Waals surface area contributed by atoms with Gasteiger partial charge >= 0.3 is 6.03 Å². The predicted octanol–water partition coefficient (Wildman–Crippen LogP) is 4.42. The van der Waals surface area contributed by atoms with E-state index in [1.165, 1.54) is 30.3 Å². The van der Waals surface area contributed by atoms with Gasteiger partial charge in [-0.1, -0.05) is 35.9 Å². The molecule has 0 spiro atoms. The average Bonchev–Trinajstić information content (AvgIpc) is 2.76. The van der Waals surface area contributed by atoms with Gasteiger partial charge in [-0.25, -0.2) is 14.7 Å². The molecule has 0 aliphatic carbocycles. The van der Waals surface area contributed by atoms with E-state index in [-0.39, 0.29) is 16.7 Å². The Morgan fingerprint density at radius 1 is 1.07 bits per heavy atom. The van der Waals surface area contributed by atoms with Gasteiger partial charge in [0.2, 0.25) is 0 Å². The summed E-state index contributed by atoms with van der Waals surface area (Å²) >= 11 is 5.90. The molecular weight excluding hydrogens is 408 g/mol. The fourth-order valence-electron chi connectivity index (χ4n) is 2.89. The van der Waals surface area contributed by atoms with Crippen molar-refractivity contribution < 1.29 is 19.9 Å². The number of pyridine rings is 1. The lowest BCUT2D eigenvalue weighted by Gasteiger charge is -2.26. The molecule has 0 radical (unpaired) electrons. The highest BCUT2D eigenvalue weighted by Gasteiger charge is 2.26. The van der Waals surface area contributed by atoms with Gasteiger partial charge in [0, 0.05) is 17.8 Å². The van der Waals surface area contributed by atoms with E-state index in [0.29, 0.717) is 29.4 Å². The summed E-state index contributed by atoms with van der Waals surface area (Å²) in [6.45, 7) is 0.343. The molecule has 0 aliphatic heterocycles. The van der Waals surface area contributed by atoms with E-state index in [1.807, 2.05) is 12.1 Å². The van der Waals surface area contributed by atoms with E-state index in [2.05, 4.69) is 10.3 Å². The van der Waals surface area contributed by atoms with Crippen LogP contribution in [0.25, 0.3) is 0 Å². The molecular formula is C21H21ClN4O4. The zero-order chi connectivity index (χ0) is 21.5. The number of amides is 2. The van der Waals surface area contributed by atoms with Crippen LogP contribution >= 0.6 is 11.6 Å². The highest BCUT2D eigenvalue weighted by Crippen LogP contribution is 2.36. The first kappa shape index (κ1) is 21.4. The summed E-state index contributed by atoms with van der Waals surface area (Å²) in [6, 6.07) is 16.7. The van der Waals surface area contributed by atoms with Gasteiger partial charge in [0.1, 0.15) is 11.4 Å². The molecule has 1 aromatic heterocycles. The van der Waals surface area contributed by atoms with Crippen LogP contribution < -0.4 is 20.2 Å². The molecule has 0 atom stereocenters. The zero-order valence-corrected chi connectivity index (χ0v) is 17.0. The quantitative estimate of drug-likeness (QED) is 0.482. The van der Waals surface area contributed by atoms with Gasteiger partial charge in [-0.05, 0) is 48.4 Å². The number of urea groups is 1. The van der Waals surface area contributed by atoms with E-state index in [0.717, 1.165) is 5.56 Å². The van der Waals surface area contributed by atoms with E-state index < -0.39 is 6.03 Å². The summed E-state index contributed by atoms with van der Waals surface area (Å²) in [5.41, 5.74) is 1.33. The predicted molar refractivity (Wildman–Crippen MR) is 114 cm³/mol. The Balaban J connectivity index is 1.89. The van der Waals surface area contributed by atoms with Gasteiger partial charge < -0.3 is 10.1 Å². The number of aromatic nitrogens is 1. The fourth-order valence-corrected chi connectivity index (χ4v) is 3.02. The molecule has 8 nitrogen and oxygen atoms in total. The fraction of sp³-hybridized carbons (Fsp3) is 0.143. The number of halogens is 1. The van der Waals surface area contributed by atoms with Crippen molar-refractivity contribution in [2.45, 2.75) is 6.42 Å². The van der Waals surface area contributed by atoms with Gasteiger partial charge in [0.25, 0.3) is 0 Å². The number of methoxy groups -OCH3 is 1. The Kier molecular flexibility index (Phi) is 7.08. The smallest absolute Gasteiger partial charge is 0.327 e. The molecule has 9 heteroatoms. The summed E-state index contributed by atoms with van der Waals surface area (Å²) < 4.78 is 5.38. The second-order valence-electron chi connectivity index (χ2n) is 6.25. The average molecular weight is 429 g/mol. The van der Waals surface area contributed by atoms with E-state index >= 15 is 0 Å². The minimum absolute atomic E-state index is 0.0241. The molecule has 1 heterocycles. The molecule has 0 saturated carbocycles. The molecule has 2 amide bonds. The molecule has 2 aromatic carbocycles. The second kappa shape index (κ2) is 9.93. The number of nitrogens with zero attached hydrogens (tertiary/aromatic N) is 3. The Hall–Kier alpha value is -3.33. The van der Waals surface area contributed by atoms with Gasteiger partial charge in [-0.15, -0.1) is 5.23 Å². The highest BCUT2D eigenvalue weighted by molar-refractivity contribution is 6.30. The van der Waals surface area contributed by atoms with Crippen molar-refractivity contribution in [1.82, 2.24) is 10.3 Å². The molecule has 3 rings (SSSR count). The van der Waals surface area contributed by atoms with Crippen LogP contribution in [0.1, 0.15) is 5.56 Å². The van der Waals surface area contributed by atoms with Gasteiger partial charge in [-0.3, -0.25) is 10.4 Å². The Morgan fingerprint density at radius 3 is 2.47 bits per heavy atom. The van der Waals surface area contributed by atoms with Crippen LogP contribution in [0.2, 0.25) is 5.02 Å². The number of carbonyl (C=O) groups is 1. The first-order valence-electron chi connectivity index (χ1n) is 9.09. The number of hydrogen-bond acceptors (Lipinski definition) is 6. The van der Waals surface area contributed by atoms with E-state index in [4.69, 9.17) is 16.3 Å². The first-order chi connectivity index (χ1) is 14.5. The third-order valence-corrected chi connectivity index (χ3v) is 4.58. The van der Waals surface area contributed by atoms with Crippen molar-refractivity contribution in [3.8, 4) is 5.75 Å². The number of carbonyl (C=O) groups excluding carboxylic acids is 1. The molecule has 0 bridgehead atoms. The van der Waals surface area contributed by atoms with E-state index in [1.54, 1.807) is 36.4 Å². The Labute approximate surface area is 178 Å². The number of anilines is 3. The van der Waals surface area contributed by atoms with Crippen molar-refractivity contribution in [1.29, 1.82) is 0 Å². The summed E-state index contributed by atoms with van der Waals surface area (Å²) in [5.74, 6) is 0.445. The molecule has 0 saturated heterocycles. The number of hydrogen-bond donors (Lipinski definition) is 3. The third-order valence-electron chi connectivity index (χ3n) is 4.33. The van der Waals surface area contributed by atoms with Gasteiger partial charge in [0.15, 0.2) is 5.82 Å². The molecule has 3 aromatic rings. The molecule has 0 aliphatic rings. The topological polar surface area (TPSA) is 98.2 Å². The SMILES string of the molecule is COc1ccccc1N(C(=O)NCCc1ccc(Cl)cc1)c1ncccc1N(O)O. The number of benzene rings is 2. The normalized spacial score (nSPS) is 10.4. The van der Waals surface area contributed by atoms with Crippen molar-refractivity contribution in [2.75, 3.05) is 23.8 Å². The minimum atomic E-state index is -0.504. The zero-order valence-electron chi connectivity index (χ0n) is 16.2. The van der Waals surface area contributed by atoms with Crippen molar-refractivity contribution in [2.24, 2.45) is 0 Å². The highest BCUT2D eigenvalue weighted by atomic mass is 35.5. The lowest BCUT2D eigenvalue weighted by molar-refractivity contribution is 0.0293. The molecule has 0 fully saturated rings. The van der Waals surface area contributed by atoms with Crippen LogP contribution in [0.3, 0.4) is 0 Å². The Bertz CT molecular complexity index is 998. The van der Waals surface area contributed by atoms with Crippen LogP contribution in [-0.4, -0.2) is 35.1 Å². The summed E-state index contributed by atoms with van der Waals surface area (Å²) in [6.07, 6.45) is 2.04. The van der Waals surface area contributed by atoms with Crippen LogP contribution in [0.4, 0.5) is 22.0 Å². The van der Waals surface area contributed by atoms with Crippen LogP contribution in [0.15, 0.2) is 66.9 Å². The van der Waals surface area contributed by atoms with E-state index in [9.17, 15) is 15.2 Å². The first-order valence-corrected chi connectivity index (χ1v) is 9.47. The second-order valence-corrected chi connectivity index (χ2v) is 6.69.